The van der Waals surface area contributed by atoms with E-state index in [4.69, 9.17) is 10.8 Å². The number of nitrogen functional groups attached to an aromatic ring is 1. The van der Waals surface area contributed by atoms with Gasteiger partial charge in [0.15, 0.2) is 0 Å². The van der Waals surface area contributed by atoms with Gasteiger partial charge < -0.3 is 15.9 Å². The Balaban J connectivity index is 0.000000148. The molecular weight excluding hydrogens is 238 g/mol. The predicted molar refractivity (Wildman–Crippen MR) is 78.1 cm³/mol. The molecule has 0 spiro atoms. The van der Waals surface area contributed by atoms with E-state index in [0.29, 0.717) is 11.4 Å². The number of rotatable bonds is 0. The number of hydrogen-bond donors (Lipinski definition) is 3. The van der Waals surface area contributed by atoms with E-state index in [2.05, 4.69) is 0 Å². The molecule has 0 fully saturated rings. The lowest BCUT2D eigenvalue weighted by molar-refractivity contribution is 0.475. The molecule has 0 radical (unpaired) electrons. The van der Waals surface area contributed by atoms with Gasteiger partial charge in [0, 0.05) is 11.1 Å². The first-order chi connectivity index (χ1) is 9.16. The van der Waals surface area contributed by atoms with Crippen LogP contribution in [0, 0.1) is 0 Å². The molecule has 0 unspecified atom stereocenters. The van der Waals surface area contributed by atoms with Crippen LogP contribution in [0.4, 0.5) is 5.69 Å². The lowest BCUT2D eigenvalue weighted by atomic mass is 10.1. The summed E-state index contributed by atoms with van der Waals surface area (Å²) in [4.78, 5) is 0. The minimum Gasteiger partial charge on any atom is -0.508 e. The fourth-order valence-corrected chi connectivity index (χ4v) is 1.68. The summed E-state index contributed by atoms with van der Waals surface area (Å²) < 4.78 is 0. The molecule has 4 N–H and O–H groups in total. The largest absolute Gasteiger partial charge is 0.508 e. The number of fused-ring (bicyclic) bond motifs is 1. The summed E-state index contributed by atoms with van der Waals surface area (Å²) in [5.41, 5.74) is 5.98. The lowest BCUT2D eigenvalue weighted by Gasteiger charge is -1.97. The highest BCUT2D eigenvalue weighted by Gasteiger charge is 1.94. The van der Waals surface area contributed by atoms with Gasteiger partial charge >= 0.3 is 0 Å². The third kappa shape index (κ3) is 3.39. The molecule has 0 amide bonds. The molecule has 3 nitrogen and oxygen atoms in total. The molecule has 0 aromatic heterocycles. The van der Waals surface area contributed by atoms with Crippen LogP contribution in [0.15, 0.2) is 66.7 Å². The molecule has 0 saturated heterocycles. The molecular formula is C16H15NO2. The monoisotopic (exact) mass is 253 g/mol. The quantitative estimate of drug-likeness (QED) is 0.424. The first-order valence-electron chi connectivity index (χ1n) is 5.88. The molecule has 3 aromatic carbocycles. The highest BCUT2D eigenvalue weighted by molar-refractivity contribution is 5.87. The predicted octanol–water partition coefficient (Wildman–Crippen LogP) is 3.52. The third-order valence-electron chi connectivity index (χ3n) is 2.66. The van der Waals surface area contributed by atoms with Gasteiger partial charge in [-0.1, -0.05) is 36.4 Å². The van der Waals surface area contributed by atoms with Crippen molar-refractivity contribution in [2.45, 2.75) is 0 Å². The Hall–Kier alpha value is -2.68. The van der Waals surface area contributed by atoms with Crippen molar-refractivity contribution in [1.82, 2.24) is 0 Å². The summed E-state index contributed by atoms with van der Waals surface area (Å²) in [6.07, 6.45) is 0. The maximum absolute atomic E-state index is 9.37. The lowest BCUT2D eigenvalue weighted by Crippen LogP contribution is -1.80. The topological polar surface area (TPSA) is 66.5 Å². The van der Waals surface area contributed by atoms with Crippen molar-refractivity contribution in [3.63, 3.8) is 0 Å². The van der Waals surface area contributed by atoms with E-state index in [1.807, 2.05) is 36.4 Å². The van der Waals surface area contributed by atoms with E-state index in [1.54, 1.807) is 30.3 Å². The fourth-order valence-electron chi connectivity index (χ4n) is 1.68. The fraction of sp³-hybridized carbons (Fsp3) is 0. The molecule has 0 bridgehead atoms. The van der Waals surface area contributed by atoms with Gasteiger partial charge in [0.1, 0.15) is 11.5 Å². The molecule has 0 heterocycles. The van der Waals surface area contributed by atoms with Crippen molar-refractivity contribution in [1.29, 1.82) is 0 Å². The molecule has 0 aliphatic carbocycles. The average Bonchev–Trinajstić information content (AvgIpc) is 2.44. The van der Waals surface area contributed by atoms with Crippen LogP contribution >= 0.6 is 0 Å². The van der Waals surface area contributed by atoms with Gasteiger partial charge in [-0.25, -0.2) is 0 Å². The summed E-state index contributed by atoms with van der Waals surface area (Å²) in [6, 6.07) is 19.7. The highest BCUT2D eigenvalue weighted by atomic mass is 16.3. The Bertz CT molecular complexity index is 637. The Morgan fingerprint density at radius 3 is 1.95 bits per heavy atom. The van der Waals surface area contributed by atoms with Gasteiger partial charge in [0.2, 0.25) is 0 Å². The number of phenols is 2. The first kappa shape index (κ1) is 12.8. The second kappa shape index (κ2) is 5.78. The van der Waals surface area contributed by atoms with Crippen LogP contribution in [0.3, 0.4) is 0 Å². The van der Waals surface area contributed by atoms with Crippen molar-refractivity contribution in [2.75, 3.05) is 5.73 Å². The van der Waals surface area contributed by atoms with Crippen molar-refractivity contribution in [3.8, 4) is 11.5 Å². The van der Waals surface area contributed by atoms with E-state index in [9.17, 15) is 5.11 Å². The van der Waals surface area contributed by atoms with Crippen LogP contribution in [0.2, 0.25) is 0 Å². The Kier molecular flexibility index (Phi) is 3.88. The van der Waals surface area contributed by atoms with E-state index < -0.39 is 0 Å². The van der Waals surface area contributed by atoms with Crippen LogP contribution in [0.5, 0.6) is 11.5 Å². The molecule has 19 heavy (non-hydrogen) atoms. The van der Waals surface area contributed by atoms with Crippen molar-refractivity contribution < 1.29 is 10.2 Å². The summed E-state index contributed by atoms with van der Waals surface area (Å²) in [5.74, 6) is 0.599. The molecule has 96 valence electrons. The highest BCUT2D eigenvalue weighted by Crippen LogP contribution is 2.22. The van der Waals surface area contributed by atoms with Crippen LogP contribution in [-0.4, -0.2) is 10.2 Å². The van der Waals surface area contributed by atoms with Gasteiger partial charge in [0.25, 0.3) is 0 Å². The normalized spacial score (nSPS) is 9.68. The van der Waals surface area contributed by atoms with E-state index in [0.717, 1.165) is 10.8 Å². The van der Waals surface area contributed by atoms with Gasteiger partial charge in [0.05, 0.1) is 0 Å². The molecule has 3 rings (SSSR count). The van der Waals surface area contributed by atoms with E-state index >= 15 is 0 Å². The minimum absolute atomic E-state index is 0.249. The number of hydrogen-bond acceptors (Lipinski definition) is 3. The maximum Gasteiger partial charge on any atom is 0.123 e. The van der Waals surface area contributed by atoms with Crippen LogP contribution in [0.25, 0.3) is 10.8 Å². The number of benzene rings is 3. The SMILES string of the molecule is Nc1ccc(O)cc1.Oc1cccc2ccccc12. The number of anilines is 1. The number of aromatic hydroxyl groups is 2. The van der Waals surface area contributed by atoms with Crippen LogP contribution in [-0.2, 0) is 0 Å². The summed E-state index contributed by atoms with van der Waals surface area (Å²) >= 11 is 0. The Labute approximate surface area is 111 Å². The summed E-state index contributed by atoms with van der Waals surface area (Å²) in [6.45, 7) is 0. The Morgan fingerprint density at radius 2 is 1.32 bits per heavy atom. The molecule has 3 heteroatoms. The zero-order valence-electron chi connectivity index (χ0n) is 10.3. The first-order valence-corrected chi connectivity index (χ1v) is 5.88. The average molecular weight is 253 g/mol. The van der Waals surface area contributed by atoms with Crippen molar-refractivity contribution >= 4 is 16.5 Å². The molecule has 0 atom stereocenters. The zero-order valence-corrected chi connectivity index (χ0v) is 10.3. The summed E-state index contributed by atoms with van der Waals surface area (Å²) in [7, 11) is 0. The number of phenolic OH excluding ortho intramolecular Hbond substituents is 2. The molecule has 3 aromatic rings. The standard InChI is InChI=1S/C10H8O.C6H7NO/c11-10-7-3-5-8-4-1-2-6-9(8)10;7-5-1-3-6(8)4-2-5/h1-7,11H;1-4,8H,7H2. The van der Waals surface area contributed by atoms with Crippen LogP contribution in [0.1, 0.15) is 0 Å². The molecule has 0 saturated carbocycles. The van der Waals surface area contributed by atoms with Crippen molar-refractivity contribution in [3.05, 3.63) is 66.7 Å². The maximum atomic E-state index is 9.37. The van der Waals surface area contributed by atoms with Crippen molar-refractivity contribution in [2.24, 2.45) is 0 Å². The third-order valence-corrected chi connectivity index (χ3v) is 2.66. The van der Waals surface area contributed by atoms with Crippen LogP contribution < -0.4 is 5.73 Å². The van der Waals surface area contributed by atoms with E-state index in [-0.39, 0.29) is 5.75 Å². The molecule has 0 aliphatic heterocycles. The van der Waals surface area contributed by atoms with Gasteiger partial charge in [-0.15, -0.1) is 0 Å². The van der Waals surface area contributed by atoms with Gasteiger partial charge in [-0.3, -0.25) is 0 Å². The second-order valence-corrected chi connectivity index (χ2v) is 4.09. The Morgan fingerprint density at radius 1 is 0.684 bits per heavy atom. The minimum atomic E-state index is 0.249. The molecule has 0 aliphatic rings. The summed E-state index contributed by atoms with van der Waals surface area (Å²) in [5, 5.41) is 20.1. The second-order valence-electron chi connectivity index (χ2n) is 4.09. The van der Waals surface area contributed by atoms with Gasteiger partial charge in [-0.05, 0) is 35.7 Å². The smallest absolute Gasteiger partial charge is 0.123 e. The van der Waals surface area contributed by atoms with Gasteiger partial charge in [-0.2, -0.15) is 0 Å². The number of nitrogens with two attached hydrogens (primary N) is 1. The zero-order chi connectivity index (χ0) is 13.7. The van der Waals surface area contributed by atoms with E-state index in [1.165, 1.54) is 0 Å².